The predicted octanol–water partition coefficient (Wildman–Crippen LogP) is 1.92. The van der Waals surface area contributed by atoms with Crippen molar-refractivity contribution in [3.8, 4) is 0 Å². The number of ether oxygens (including phenoxy) is 1. The van der Waals surface area contributed by atoms with Crippen LogP contribution in [-0.2, 0) is 11.2 Å². The molecule has 1 aliphatic heterocycles. The summed E-state index contributed by atoms with van der Waals surface area (Å²) in [6.45, 7) is 1.24. The fourth-order valence-corrected chi connectivity index (χ4v) is 2.20. The van der Waals surface area contributed by atoms with E-state index in [2.05, 4.69) is 0 Å². The summed E-state index contributed by atoms with van der Waals surface area (Å²) >= 11 is 0. The van der Waals surface area contributed by atoms with Crippen LogP contribution in [0, 0.1) is 16.0 Å². The molecule has 1 aromatic carbocycles. The molecule has 5 heteroatoms. The third-order valence-corrected chi connectivity index (χ3v) is 3.38. The van der Waals surface area contributed by atoms with E-state index < -0.39 is 4.92 Å². The second-order valence-electron chi connectivity index (χ2n) is 4.65. The molecule has 1 fully saturated rings. The minimum Gasteiger partial charge on any atom is -0.393 e. The highest BCUT2D eigenvalue weighted by Crippen LogP contribution is 2.21. The van der Waals surface area contributed by atoms with E-state index in [1.54, 1.807) is 12.1 Å². The summed E-state index contributed by atoms with van der Waals surface area (Å²) in [5, 5.41) is 20.3. The maximum atomic E-state index is 10.5. The summed E-state index contributed by atoms with van der Waals surface area (Å²) in [5.74, 6) is 0.175. The Balaban J connectivity index is 1.87. The molecule has 2 rings (SSSR count). The minimum atomic E-state index is -0.400. The van der Waals surface area contributed by atoms with Crippen molar-refractivity contribution in [1.29, 1.82) is 0 Å². The number of hydrogen-bond acceptors (Lipinski definition) is 4. The fraction of sp³-hybridized carbons (Fsp3) is 0.538. The molecule has 5 nitrogen and oxygen atoms in total. The maximum absolute atomic E-state index is 10.5. The van der Waals surface area contributed by atoms with E-state index >= 15 is 0 Å². The zero-order valence-electron chi connectivity index (χ0n) is 10.1. The van der Waals surface area contributed by atoms with Crippen molar-refractivity contribution in [3.63, 3.8) is 0 Å². The number of aliphatic hydroxyl groups excluding tert-OH is 1. The Morgan fingerprint density at radius 2 is 2.11 bits per heavy atom. The quantitative estimate of drug-likeness (QED) is 0.655. The summed E-state index contributed by atoms with van der Waals surface area (Å²) < 4.78 is 5.34. The highest BCUT2D eigenvalue weighted by atomic mass is 16.6. The van der Waals surface area contributed by atoms with Crippen LogP contribution in [0.2, 0.25) is 0 Å². The van der Waals surface area contributed by atoms with Crippen molar-refractivity contribution in [2.75, 3.05) is 13.2 Å². The number of rotatable bonds is 4. The normalized spacial score (nSPS) is 23.8. The number of non-ortho nitro benzene ring substituents is 1. The molecule has 0 amide bonds. The zero-order valence-corrected chi connectivity index (χ0v) is 10.1. The summed E-state index contributed by atoms with van der Waals surface area (Å²) in [6, 6.07) is 6.58. The van der Waals surface area contributed by atoms with Crippen LogP contribution in [-0.4, -0.2) is 29.3 Å². The van der Waals surface area contributed by atoms with E-state index in [0.29, 0.717) is 19.6 Å². The van der Waals surface area contributed by atoms with Gasteiger partial charge in [-0.3, -0.25) is 10.1 Å². The Hall–Kier alpha value is -1.46. The van der Waals surface area contributed by atoms with Crippen LogP contribution in [0.5, 0.6) is 0 Å². The van der Waals surface area contributed by atoms with E-state index in [9.17, 15) is 15.2 Å². The molecular formula is C13H17NO4. The molecule has 0 radical (unpaired) electrons. The molecular weight excluding hydrogens is 234 g/mol. The number of nitrogens with zero attached hydrogens (tertiary/aromatic N) is 1. The molecule has 0 aromatic heterocycles. The van der Waals surface area contributed by atoms with Crippen molar-refractivity contribution in [3.05, 3.63) is 39.9 Å². The first-order chi connectivity index (χ1) is 8.66. The van der Waals surface area contributed by atoms with Gasteiger partial charge in [0.25, 0.3) is 5.69 Å². The summed E-state index contributed by atoms with van der Waals surface area (Å²) in [7, 11) is 0. The fourth-order valence-electron chi connectivity index (χ4n) is 2.20. The molecule has 18 heavy (non-hydrogen) atoms. The molecule has 98 valence electrons. The predicted molar refractivity (Wildman–Crippen MR) is 66.4 cm³/mol. The molecule has 2 atom stereocenters. The third-order valence-electron chi connectivity index (χ3n) is 3.38. The van der Waals surface area contributed by atoms with Crippen molar-refractivity contribution in [1.82, 2.24) is 0 Å². The van der Waals surface area contributed by atoms with E-state index in [1.807, 2.05) is 0 Å². The standard InChI is InChI=1S/C13H17NO4/c15-13-7-8-18-9-11(13)4-1-10-2-5-12(6-3-10)14(16)17/h2-3,5-6,11,13,15H,1,4,7-9H2. The smallest absolute Gasteiger partial charge is 0.269 e. The molecule has 0 aliphatic carbocycles. The number of aliphatic hydroxyl groups is 1. The lowest BCUT2D eigenvalue weighted by Gasteiger charge is -2.27. The van der Waals surface area contributed by atoms with Gasteiger partial charge in [0, 0.05) is 24.7 Å². The lowest BCUT2D eigenvalue weighted by molar-refractivity contribution is -0.384. The summed E-state index contributed by atoms with van der Waals surface area (Å²) in [6.07, 6.45) is 2.07. The van der Waals surface area contributed by atoms with Crippen molar-refractivity contribution in [2.45, 2.75) is 25.4 Å². The molecule has 1 heterocycles. The number of nitro benzene ring substituents is 1. The molecule has 2 unspecified atom stereocenters. The summed E-state index contributed by atoms with van der Waals surface area (Å²) in [5.41, 5.74) is 1.16. The monoisotopic (exact) mass is 251 g/mol. The van der Waals surface area contributed by atoms with Crippen LogP contribution in [0.1, 0.15) is 18.4 Å². The van der Waals surface area contributed by atoms with Gasteiger partial charge >= 0.3 is 0 Å². The van der Waals surface area contributed by atoms with Crippen LogP contribution in [0.4, 0.5) is 5.69 Å². The first-order valence-corrected chi connectivity index (χ1v) is 6.16. The van der Waals surface area contributed by atoms with E-state index in [0.717, 1.165) is 18.4 Å². The van der Waals surface area contributed by atoms with Gasteiger partial charge in [0.15, 0.2) is 0 Å². The first kappa shape index (κ1) is 13.0. The second kappa shape index (κ2) is 5.93. The molecule has 1 saturated heterocycles. The third kappa shape index (κ3) is 3.27. The van der Waals surface area contributed by atoms with Gasteiger partial charge in [0.1, 0.15) is 0 Å². The van der Waals surface area contributed by atoms with Crippen molar-refractivity contribution >= 4 is 5.69 Å². The van der Waals surface area contributed by atoms with Crippen LogP contribution >= 0.6 is 0 Å². The van der Waals surface area contributed by atoms with E-state index in [-0.39, 0.29) is 17.7 Å². The van der Waals surface area contributed by atoms with Gasteiger partial charge < -0.3 is 9.84 Å². The van der Waals surface area contributed by atoms with Crippen LogP contribution in [0.15, 0.2) is 24.3 Å². The van der Waals surface area contributed by atoms with Gasteiger partial charge in [-0.15, -0.1) is 0 Å². The van der Waals surface area contributed by atoms with Gasteiger partial charge in [-0.2, -0.15) is 0 Å². The van der Waals surface area contributed by atoms with Gasteiger partial charge in [-0.1, -0.05) is 12.1 Å². The molecule has 1 aliphatic rings. The topological polar surface area (TPSA) is 72.6 Å². The second-order valence-corrected chi connectivity index (χ2v) is 4.65. The van der Waals surface area contributed by atoms with Crippen LogP contribution in [0.3, 0.4) is 0 Å². The Labute approximate surface area is 106 Å². The lowest BCUT2D eigenvalue weighted by atomic mass is 9.92. The SMILES string of the molecule is O=[N+]([O-])c1ccc(CCC2COCCC2O)cc1. The first-order valence-electron chi connectivity index (χ1n) is 6.16. The number of nitro groups is 1. The van der Waals surface area contributed by atoms with E-state index in [4.69, 9.17) is 4.74 Å². The molecule has 1 N–H and O–H groups in total. The Kier molecular flexibility index (Phi) is 4.28. The number of benzene rings is 1. The molecule has 0 saturated carbocycles. The van der Waals surface area contributed by atoms with E-state index in [1.165, 1.54) is 12.1 Å². The summed E-state index contributed by atoms with van der Waals surface area (Å²) in [4.78, 5) is 10.1. The molecule has 1 aromatic rings. The average molecular weight is 251 g/mol. The molecule has 0 bridgehead atoms. The Bertz CT molecular complexity index is 404. The Morgan fingerprint density at radius 1 is 1.39 bits per heavy atom. The minimum absolute atomic E-state index is 0.111. The van der Waals surface area contributed by atoms with Crippen LogP contribution in [0.25, 0.3) is 0 Å². The lowest BCUT2D eigenvalue weighted by Crippen LogP contribution is -2.32. The van der Waals surface area contributed by atoms with Crippen LogP contribution < -0.4 is 0 Å². The highest BCUT2D eigenvalue weighted by Gasteiger charge is 2.23. The molecule has 0 spiro atoms. The zero-order chi connectivity index (χ0) is 13.0. The number of hydrogen-bond donors (Lipinski definition) is 1. The van der Waals surface area contributed by atoms with Gasteiger partial charge in [0.2, 0.25) is 0 Å². The van der Waals surface area contributed by atoms with Gasteiger partial charge in [-0.05, 0) is 24.8 Å². The number of aryl methyl sites for hydroxylation is 1. The van der Waals surface area contributed by atoms with Crippen molar-refractivity contribution in [2.24, 2.45) is 5.92 Å². The van der Waals surface area contributed by atoms with Crippen molar-refractivity contribution < 1.29 is 14.8 Å². The highest BCUT2D eigenvalue weighted by molar-refractivity contribution is 5.32. The Morgan fingerprint density at radius 3 is 2.72 bits per heavy atom. The average Bonchev–Trinajstić information content (AvgIpc) is 2.38. The largest absolute Gasteiger partial charge is 0.393 e. The van der Waals surface area contributed by atoms with Gasteiger partial charge in [0.05, 0.1) is 17.6 Å². The van der Waals surface area contributed by atoms with Gasteiger partial charge in [-0.25, -0.2) is 0 Å². The maximum Gasteiger partial charge on any atom is 0.269 e.